The molecule has 0 atom stereocenters. The van der Waals surface area contributed by atoms with Crippen LogP contribution in [0.15, 0.2) is 30.3 Å². The zero-order chi connectivity index (χ0) is 15.4. The fourth-order valence-electron chi connectivity index (χ4n) is 1.82. The highest BCUT2D eigenvalue weighted by Gasteiger charge is 2.14. The van der Waals surface area contributed by atoms with E-state index in [2.05, 4.69) is 10.3 Å². The predicted molar refractivity (Wildman–Crippen MR) is 73.9 cm³/mol. The van der Waals surface area contributed by atoms with Gasteiger partial charge >= 0.3 is 5.69 Å². The van der Waals surface area contributed by atoms with E-state index in [4.69, 9.17) is 5.73 Å². The predicted octanol–water partition coefficient (Wildman–Crippen LogP) is 2.50. The van der Waals surface area contributed by atoms with E-state index in [0.717, 1.165) is 6.07 Å². The van der Waals surface area contributed by atoms with Gasteiger partial charge in [-0.2, -0.15) is 0 Å². The molecule has 8 heteroatoms. The third-order valence-corrected chi connectivity index (χ3v) is 2.72. The molecule has 110 valence electrons. The molecule has 0 fully saturated rings. The third-order valence-electron chi connectivity index (χ3n) is 2.72. The fraction of sp³-hybridized carbons (Fsp3) is 0.154. The number of halogens is 2. The van der Waals surface area contributed by atoms with E-state index in [0.29, 0.717) is 5.56 Å². The number of aromatic nitrogens is 1. The van der Waals surface area contributed by atoms with Crippen molar-refractivity contribution in [1.29, 1.82) is 0 Å². The Labute approximate surface area is 118 Å². The summed E-state index contributed by atoms with van der Waals surface area (Å²) >= 11 is 0. The monoisotopic (exact) mass is 294 g/mol. The van der Waals surface area contributed by atoms with Gasteiger partial charge < -0.3 is 11.1 Å². The number of nitrogens with zero attached hydrogens (tertiary/aromatic N) is 2. The minimum absolute atomic E-state index is 0.0249. The molecule has 6 nitrogen and oxygen atoms in total. The highest BCUT2D eigenvalue weighted by molar-refractivity contribution is 5.59. The summed E-state index contributed by atoms with van der Waals surface area (Å²) in [5.41, 5.74) is 5.70. The van der Waals surface area contributed by atoms with Crippen LogP contribution in [0.25, 0.3) is 0 Å². The van der Waals surface area contributed by atoms with Gasteiger partial charge in [0.2, 0.25) is 5.82 Å². The topological polar surface area (TPSA) is 94.1 Å². The zero-order valence-corrected chi connectivity index (χ0v) is 10.8. The Bertz CT molecular complexity index is 659. The van der Waals surface area contributed by atoms with Crippen molar-refractivity contribution in [3.05, 3.63) is 57.6 Å². The first-order valence-electron chi connectivity index (χ1n) is 6.05. The summed E-state index contributed by atoms with van der Waals surface area (Å²) < 4.78 is 26.0. The van der Waals surface area contributed by atoms with Crippen LogP contribution in [0.3, 0.4) is 0 Å². The normalized spacial score (nSPS) is 10.4. The summed E-state index contributed by atoms with van der Waals surface area (Å²) in [4.78, 5) is 14.1. The van der Waals surface area contributed by atoms with Crippen molar-refractivity contribution in [2.75, 3.05) is 17.6 Å². The molecule has 1 aromatic carbocycles. The van der Waals surface area contributed by atoms with Crippen LogP contribution in [0.4, 0.5) is 26.1 Å². The number of nitrogens with two attached hydrogens (primary N) is 1. The van der Waals surface area contributed by atoms with Crippen molar-refractivity contribution in [2.24, 2.45) is 0 Å². The van der Waals surface area contributed by atoms with Gasteiger partial charge in [0.1, 0.15) is 17.5 Å². The van der Waals surface area contributed by atoms with Crippen LogP contribution >= 0.6 is 0 Å². The first kappa shape index (κ1) is 14.6. The Balaban J connectivity index is 2.06. The lowest BCUT2D eigenvalue weighted by Crippen LogP contribution is -2.09. The second kappa shape index (κ2) is 6.12. The zero-order valence-electron chi connectivity index (χ0n) is 10.8. The smallest absolute Gasteiger partial charge is 0.311 e. The van der Waals surface area contributed by atoms with Crippen LogP contribution in [0, 0.1) is 21.7 Å². The molecule has 0 saturated carbocycles. The van der Waals surface area contributed by atoms with Crippen molar-refractivity contribution in [2.45, 2.75) is 6.42 Å². The average molecular weight is 294 g/mol. The van der Waals surface area contributed by atoms with Crippen LogP contribution in [0.2, 0.25) is 0 Å². The van der Waals surface area contributed by atoms with E-state index >= 15 is 0 Å². The first-order chi connectivity index (χ1) is 9.95. The number of nitrogens with one attached hydrogen (secondary N) is 1. The fourth-order valence-corrected chi connectivity index (χ4v) is 1.82. The molecule has 0 spiro atoms. The molecule has 0 amide bonds. The van der Waals surface area contributed by atoms with E-state index in [1.807, 2.05) is 0 Å². The molecule has 2 aromatic rings. The highest BCUT2D eigenvalue weighted by Crippen LogP contribution is 2.22. The van der Waals surface area contributed by atoms with Crippen molar-refractivity contribution in [1.82, 2.24) is 4.98 Å². The Morgan fingerprint density at radius 2 is 1.90 bits per heavy atom. The van der Waals surface area contributed by atoms with Gasteiger partial charge in [-0.1, -0.05) is 0 Å². The summed E-state index contributed by atoms with van der Waals surface area (Å²) in [6.07, 6.45) is 0.280. The Morgan fingerprint density at radius 3 is 2.52 bits per heavy atom. The number of nitrogen functional groups attached to an aromatic ring is 1. The number of nitro groups is 1. The van der Waals surface area contributed by atoms with E-state index < -0.39 is 16.6 Å². The summed E-state index contributed by atoms with van der Waals surface area (Å²) in [6, 6.07) is 5.75. The summed E-state index contributed by atoms with van der Waals surface area (Å²) in [5.74, 6) is -1.17. The largest absolute Gasteiger partial charge is 0.384 e. The second-order valence-electron chi connectivity index (χ2n) is 4.32. The molecule has 3 N–H and O–H groups in total. The van der Waals surface area contributed by atoms with Crippen LogP contribution < -0.4 is 11.1 Å². The van der Waals surface area contributed by atoms with Crippen molar-refractivity contribution < 1.29 is 13.7 Å². The van der Waals surface area contributed by atoms with E-state index in [1.165, 1.54) is 24.3 Å². The first-order valence-corrected chi connectivity index (χ1v) is 6.05. The Hall–Kier alpha value is -2.77. The van der Waals surface area contributed by atoms with E-state index in [1.54, 1.807) is 0 Å². The van der Waals surface area contributed by atoms with Crippen LogP contribution in [-0.4, -0.2) is 16.5 Å². The molecule has 0 aliphatic carbocycles. The molecule has 0 radical (unpaired) electrons. The number of rotatable bonds is 5. The van der Waals surface area contributed by atoms with Crippen molar-refractivity contribution in [3.8, 4) is 0 Å². The van der Waals surface area contributed by atoms with Crippen LogP contribution in [0.1, 0.15) is 5.56 Å². The van der Waals surface area contributed by atoms with Gasteiger partial charge in [-0.15, -0.1) is 0 Å². The molecule has 0 bridgehead atoms. The molecule has 1 heterocycles. The molecule has 2 rings (SSSR count). The number of pyridine rings is 1. The standard InChI is InChI=1S/C13H12F2N4O2/c14-9-5-8(6-10(15)7-9)3-4-17-13-11(19(20)21)1-2-12(16)18-13/h1-2,5-7H,3-4H2,(H3,16,17,18). The quantitative estimate of drug-likeness (QED) is 0.652. The third kappa shape index (κ3) is 3.85. The summed E-state index contributed by atoms with van der Waals surface area (Å²) in [7, 11) is 0. The summed E-state index contributed by atoms with van der Waals surface area (Å²) in [5, 5.41) is 13.6. The number of benzene rings is 1. The molecule has 0 aliphatic heterocycles. The van der Waals surface area contributed by atoms with E-state index in [-0.39, 0.29) is 30.3 Å². The minimum atomic E-state index is -0.668. The van der Waals surface area contributed by atoms with Crippen molar-refractivity contribution >= 4 is 17.3 Å². The minimum Gasteiger partial charge on any atom is -0.384 e. The molecular weight excluding hydrogens is 282 g/mol. The second-order valence-corrected chi connectivity index (χ2v) is 4.32. The number of anilines is 2. The average Bonchev–Trinajstić information content (AvgIpc) is 2.37. The molecular formula is C13H12F2N4O2. The molecule has 21 heavy (non-hydrogen) atoms. The highest BCUT2D eigenvalue weighted by atomic mass is 19.1. The SMILES string of the molecule is Nc1ccc([N+](=O)[O-])c(NCCc2cc(F)cc(F)c2)n1. The van der Waals surface area contributed by atoms with Gasteiger partial charge in [-0.3, -0.25) is 10.1 Å². The van der Waals surface area contributed by atoms with Gasteiger partial charge in [0.05, 0.1) is 4.92 Å². The van der Waals surface area contributed by atoms with Crippen LogP contribution in [-0.2, 0) is 6.42 Å². The van der Waals surface area contributed by atoms with Gasteiger partial charge in [0.15, 0.2) is 0 Å². The maximum Gasteiger partial charge on any atom is 0.311 e. The lowest BCUT2D eigenvalue weighted by molar-refractivity contribution is -0.384. The van der Waals surface area contributed by atoms with Gasteiger partial charge in [-0.25, -0.2) is 13.8 Å². The molecule has 0 aliphatic rings. The van der Waals surface area contributed by atoms with Gasteiger partial charge in [-0.05, 0) is 30.2 Å². The molecule has 1 aromatic heterocycles. The van der Waals surface area contributed by atoms with Gasteiger partial charge in [0.25, 0.3) is 0 Å². The maximum atomic E-state index is 13.0. The number of hydrogen-bond acceptors (Lipinski definition) is 5. The lowest BCUT2D eigenvalue weighted by Gasteiger charge is -2.07. The number of hydrogen-bond donors (Lipinski definition) is 2. The van der Waals surface area contributed by atoms with E-state index in [9.17, 15) is 18.9 Å². The van der Waals surface area contributed by atoms with Gasteiger partial charge in [0, 0.05) is 18.7 Å². The van der Waals surface area contributed by atoms with Crippen molar-refractivity contribution in [3.63, 3.8) is 0 Å². The Kier molecular flexibility index (Phi) is 4.27. The maximum absolute atomic E-state index is 13.0. The molecule has 0 saturated heterocycles. The summed E-state index contributed by atoms with van der Waals surface area (Å²) in [6.45, 7) is 0.222. The van der Waals surface area contributed by atoms with Crippen LogP contribution in [0.5, 0.6) is 0 Å². The molecule has 0 unspecified atom stereocenters. The Morgan fingerprint density at radius 1 is 1.24 bits per heavy atom. The lowest BCUT2D eigenvalue weighted by atomic mass is 10.1.